The third-order valence-electron chi connectivity index (χ3n) is 3.62. The molecule has 1 aromatic carbocycles. The standard InChI is InChI=1S/C18H29NO2/c1-6-8-15-9-11-16(12-10-15)18(5,17(20)21-7-2)19-13-14(3)4/h9-12,14,19H,6-8,13H2,1-5H3. The van der Waals surface area contributed by atoms with Crippen LogP contribution >= 0.6 is 0 Å². The number of hydrogen-bond donors (Lipinski definition) is 1. The highest BCUT2D eigenvalue weighted by Gasteiger charge is 2.36. The molecule has 3 nitrogen and oxygen atoms in total. The molecule has 1 N–H and O–H groups in total. The third kappa shape index (κ3) is 4.85. The molecule has 0 heterocycles. The predicted molar refractivity (Wildman–Crippen MR) is 87.3 cm³/mol. The molecule has 0 amide bonds. The third-order valence-corrected chi connectivity index (χ3v) is 3.62. The summed E-state index contributed by atoms with van der Waals surface area (Å²) in [6.45, 7) is 11.3. The lowest BCUT2D eigenvalue weighted by atomic mass is 9.90. The lowest BCUT2D eigenvalue weighted by molar-refractivity contribution is -0.151. The van der Waals surface area contributed by atoms with Crippen molar-refractivity contribution in [3.8, 4) is 0 Å². The summed E-state index contributed by atoms with van der Waals surface area (Å²) < 4.78 is 5.27. The van der Waals surface area contributed by atoms with E-state index in [-0.39, 0.29) is 5.97 Å². The average molecular weight is 291 g/mol. The number of aryl methyl sites for hydroxylation is 1. The zero-order valence-corrected chi connectivity index (χ0v) is 14.0. The van der Waals surface area contributed by atoms with Crippen LogP contribution in [0.5, 0.6) is 0 Å². The molecule has 1 rings (SSSR count). The minimum Gasteiger partial charge on any atom is -0.464 e. The number of nitrogens with one attached hydrogen (secondary N) is 1. The number of ether oxygens (including phenoxy) is 1. The van der Waals surface area contributed by atoms with E-state index in [2.05, 4.69) is 38.2 Å². The Morgan fingerprint density at radius 1 is 1.24 bits per heavy atom. The second-order valence-electron chi connectivity index (χ2n) is 6.07. The van der Waals surface area contributed by atoms with Crippen LogP contribution in [0.2, 0.25) is 0 Å². The highest BCUT2D eigenvalue weighted by atomic mass is 16.5. The Labute approximate surface area is 129 Å². The van der Waals surface area contributed by atoms with E-state index in [1.54, 1.807) is 0 Å². The Morgan fingerprint density at radius 3 is 2.33 bits per heavy atom. The lowest BCUT2D eigenvalue weighted by Crippen LogP contribution is -2.49. The van der Waals surface area contributed by atoms with Crippen LogP contribution in [-0.2, 0) is 21.5 Å². The van der Waals surface area contributed by atoms with E-state index < -0.39 is 5.54 Å². The van der Waals surface area contributed by atoms with Gasteiger partial charge in [0.2, 0.25) is 0 Å². The molecule has 0 spiro atoms. The van der Waals surface area contributed by atoms with E-state index in [0.29, 0.717) is 12.5 Å². The quantitative estimate of drug-likeness (QED) is 0.743. The summed E-state index contributed by atoms with van der Waals surface area (Å²) in [6.07, 6.45) is 2.19. The molecule has 0 saturated carbocycles. The highest BCUT2D eigenvalue weighted by molar-refractivity contribution is 5.82. The van der Waals surface area contributed by atoms with Gasteiger partial charge < -0.3 is 4.74 Å². The number of hydrogen-bond acceptors (Lipinski definition) is 3. The summed E-state index contributed by atoms with van der Waals surface area (Å²) in [5.74, 6) is 0.256. The number of esters is 1. The Bertz CT molecular complexity index is 439. The van der Waals surface area contributed by atoms with Gasteiger partial charge in [-0.25, -0.2) is 4.79 Å². The zero-order chi connectivity index (χ0) is 15.9. The van der Waals surface area contributed by atoms with Crippen molar-refractivity contribution in [2.45, 2.75) is 53.0 Å². The van der Waals surface area contributed by atoms with Gasteiger partial charge in [0.05, 0.1) is 6.61 Å². The number of carbonyl (C=O) groups is 1. The summed E-state index contributed by atoms with van der Waals surface area (Å²) >= 11 is 0. The molecule has 1 aromatic rings. The van der Waals surface area contributed by atoms with E-state index in [9.17, 15) is 4.79 Å². The molecule has 0 aromatic heterocycles. The number of carbonyl (C=O) groups excluding carboxylic acids is 1. The van der Waals surface area contributed by atoms with Crippen molar-refractivity contribution in [2.24, 2.45) is 5.92 Å². The minimum atomic E-state index is -0.787. The molecule has 1 atom stereocenters. The van der Waals surface area contributed by atoms with Crippen molar-refractivity contribution in [2.75, 3.05) is 13.2 Å². The maximum Gasteiger partial charge on any atom is 0.330 e. The Hall–Kier alpha value is -1.35. The van der Waals surface area contributed by atoms with Gasteiger partial charge in [0.1, 0.15) is 5.54 Å². The molecule has 0 aliphatic carbocycles. The van der Waals surface area contributed by atoms with Crippen molar-refractivity contribution in [3.05, 3.63) is 35.4 Å². The van der Waals surface area contributed by atoms with E-state index in [0.717, 1.165) is 24.9 Å². The van der Waals surface area contributed by atoms with Crippen molar-refractivity contribution in [3.63, 3.8) is 0 Å². The van der Waals surface area contributed by atoms with Gasteiger partial charge in [-0.3, -0.25) is 5.32 Å². The first-order chi connectivity index (χ1) is 9.93. The smallest absolute Gasteiger partial charge is 0.330 e. The fourth-order valence-corrected chi connectivity index (χ4v) is 2.27. The predicted octanol–water partition coefficient (Wildman–Crippen LogP) is 3.66. The van der Waals surface area contributed by atoms with Crippen molar-refractivity contribution < 1.29 is 9.53 Å². The van der Waals surface area contributed by atoms with Crippen LogP contribution in [0, 0.1) is 5.92 Å². The topological polar surface area (TPSA) is 38.3 Å². The van der Waals surface area contributed by atoms with Gasteiger partial charge >= 0.3 is 5.97 Å². The monoisotopic (exact) mass is 291 g/mol. The summed E-state index contributed by atoms with van der Waals surface area (Å²) in [6, 6.07) is 8.28. The molecular formula is C18H29NO2. The van der Waals surface area contributed by atoms with E-state index in [1.807, 2.05) is 26.0 Å². The van der Waals surface area contributed by atoms with Crippen molar-refractivity contribution >= 4 is 5.97 Å². The summed E-state index contributed by atoms with van der Waals surface area (Å²) in [5.41, 5.74) is 1.48. The molecule has 0 saturated heterocycles. The fourth-order valence-electron chi connectivity index (χ4n) is 2.27. The normalized spacial score (nSPS) is 14.0. The second-order valence-corrected chi connectivity index (χ2v) is 6.07. The van der Waals surface area contributed by atoms with Gasteiger partial charge in [-0.15, -0.1) is 0 Å². The summed E-state index contributed by atoms with van der Waals surface area (Å²) in [4.78, 5) is 12.4. The largest absolute Gasteiger partial charge is 0.464 e. The molecule has 118 valence electrons. The van der Waals surface area contributed by atoms with E-state index in [1.165, 1.54) is 5.56 Å². The number of benzene rings is 1. The molecular weight excluding hydrogens is 262 g/mol. The van der Waals surface area contributed by atoms with Gasteiger partial charge in [0.15, 0.2) is 0 Å². The fraction of sp³-hybridized carbons (Fsp3) is 0.611. The minimum absolute atomic E-state index is 0.214. The maximum absolute atomic E-state index is 12.4. The molecule has 0 radical (unpaired) electrons. The van der Waals surface area contributed by atoms with Gasteiger partial charge in [0, 0.05) is 0 Å². The Kier molecular flexibility index (Phi) is 6.90. The zero-order valence-electron chi connectivity index (χ0n) is 14.0. The van der Waals surface area contributed by atoms with E-state index in [4.69, 9.17) is 4.74 Å². The first kappa shape index (κ1) is 17.7. The lowest BCUT2D eigenvalue weighted by Gasteiger charge is -2.30. The van der Waals surface area contributed by atoms with Crippen molar-refractivity contribution in [1.82, 2.24) is 5.32 Å². The number of rotatable bonds is 8. The van der Waals surface area contributed by atoms with Crippen LogP contribution in [0.15, 0.2) is 24.3 Å². The van der Waals surface area contributed by atoms with Crippen LogP contribution in [0.1, 0.15) is 52.2 Å². The van der Waals surface area contributed by atoms with Crippen LogP contribution in [0.3, 0.4) is 0 Å². The van der Waals surface area contributed by atoms with Crippen molar-refractivity contribution in [1.29, 1.82) is 0 Å². The van der Waals surface area contributed by atoms with Gasteiger partial charge in [-0.1, -0.05) is 51.5 Å². The SMILES string of the molecule is CCCc1ccc(C(C)(NCC(C)C)C(=O)OCC)cc1. The summed E-state index contributed by atoms with van der Waals surface area (Å²) in [7, 11) is 0. The Balaban J connectivity index is 3.01. The van der Waals surface area contributed by atoms with Gasteiger partial charge in [0.25, 0.3) is 0 Å². The first-order valence-electron chi connectivity index (χ1n) is 7.95. The molecule has 0 aliphatic heterocycles. The molecule has 3 heteroatoms. The Morgan fingerprint density at radius 2 is 1.86 bits per heavy atom. The second kappa shape index (κ2) is 8.18. The average Bonchev–Trinajstić information content (AvgIpc) is 2.46. The van der Waals surface area contributed by atoms with Crippen LogP contribution in [0.25, 0.3) is 0 Å². The molecule has 0 fully saturated rings. The van der Waals surface area contributed by atoms with Crippen LogP contribution < -0.4 is 5.32 Å². The highest BCUT2D eigenvalue weighted by Crippen LogP contribution is 2.24. The van der Waals surface area contributed by atoms with Crippen LogP contribution in [-0.4, -0.2) is 19.1 Å². The van der Waals surface area contributed by atoms with Crippen LogP contribution in [0.4, 0.5) is 0 Å². The maximum atomic E-state index is 12.4. The molecule has 0 bridgehead atoms. The summed E-state index contributed by atoms with van der Waals surface area (Å²) in [5, 5.41) is 3.37. The molecule has 1 unspecified atom stereocenters. The van der Waals surface area contributed by atoms with E-state index >= 15 is 0 Å². The molecule has 0 aliphatic rings. The van der Waals surface area contributed by atoms with Gasteiger partial charge in [-0.2, -0.15) is 0 Å². The first-order valence-corrected chi connectivity index (χ1v) is 7.95. The molecule has 21 heavy (non-hydrogen) atoms. The van der Waals surface area contributed by atoms with Gasteiger partial charge in [-0.05, 0) is 43.9 Å².